The molecule has 0 spiro atoms. The van der Waals surface area contributed by atoms with Crippen LogP contribution >= 0.6 is 11.3 Å². The van der Waals surface area contributed by atoms with Crippen LogP contribution in [0.4, 0.5) is 0 Å². The van der Waals surface area contributed by atoms with E-state index in [-0.39, 0.29) is 5.97 Å². The quantitative estimate of drug-likeness (QED) is 0.769. The molecular weight excluding hydrogens is 268 g/mol. The minimum atomic E-state index is -0.196. The number of carbonyl (C=O) groups is 1. The number of fused-ring (bicyclic) bond motifs is 3. The second-order valence-electron chi connectivity index (χ2n) is 5.29. The summed E-state index contributed by atoms with van der Waals surface area (Å²) in [6.07, 6.45) is 2.08. The summed E-state index contributed by atoms with van der Waals surface area (Å²) in [6.45, 7) is 6.57. The van der Waals surface area contributed by atoms with Crippen molar-refractivity contribution in [3.63, 3.8) is 0 Å². The summed E-state index contributed by atoms with van der Waals surface area (Å²) in [7, 11) is 0. The number of carbonyl (C=O) groups excluding carboxylic acids is 1. The van der Waals surface area contributed by atoms with Crippen molar-refractivity contribution in [2.45, 2.75) is 33.6 Å². The largest absolute Gasteiger partial charge is 0.462 e. The second-order valence-corrected chi connectivity index (χ2v) is 6.35. The van der Waals surface area contributed by atoms with Gasteiger partial charge in [0.25, 0.3) is 0 Å². The third-order valence-corrected chi connectivity index (χ3v) is 4.98. The fourth-order valence-corrected chi connectivity index (χ4v) is 4.08. The maximum Gasteiger partial charge on any atom is 0.348 e. The standard InChI is InChI=1S/C17H18O2S/c1-4-19-17(18)15-9-12-5-6-13-11(3)7-10(2)8-14(13)16(12)20-15/h7-9H,4-6H2,1-3H3. The molecule has 2 nitrogen and oxygen atoms in total. The zero-order valence-electron chi connectivity index (χ0n) is 12.1. The smallest absolute Gasteiger partial charge is 0.348 e. The maximum absolute atomic E-state index is 11.9. The van der Waals surface area contributed by atoms with Gasteiger partial charge in [0, 0.05) is 4.88 Å². The lowest BCUT2D eigenvalue weighted by Crippen LogP contribution is -2.04. The molecule has 20 heavy (non-hydrogen) atoms. The van der Waals surface area contributed by atoms with E-state index < -0.39 is 0 Å². The number of rotatable bonds is 2. The lowest BCUT2D eigenvalue weighted by atomic mass is 9.87. The van der Waals surface area contributed by atoms with Crippen molar-refractivity contribution in [1.82, 2.24) is 0 Å². The van der Waals surface area contributed by atoms with Gasteiger partial charge in [-0.1, -0.05) is 17.7 Å². The molecule has 1 aromatic carbocycles. The monoisotopic (exact) mass is 286 g/mol. The Labute approximate surface area is 123 Å². The lowest BCUT2D eigenvalue weighted by Gasteiger charge is -2.19. The number of esters is 1. The molecule has 3 heteroatoms. The lowest BCUT2D eigenvalue weighted by molar-refractivity contribution is 0.0532. The first-order valence-corrected chi connectivity index (χ1v) is 7.82. The second kappa shape index (κ2) is 5.06. The average Bonchev–Trinajstić information content (AvgIpc) is 2.83. The van der Waals surface area contributed by atoms with Gasteiger partial charge in [0.2, 0.25) is 0 Å². The molecule has 1 aromatic heterocycles. The molecule has 0 aliphatic heterocycles. The summed E-state index contributed by atoms with van der Waals surface area (Å²) >= 11 is 1.57. The van der Waals surface area contributed by atoms with Crippen LogP contribution in [0.2, 0.25) is 0 Å². The SMILES string of the molecule is CCOC(=O)c1cc2c(s1)-c1cc(C)cc(C)c1CC2. The van der Waals surface area contributed by atoms with Gasteiger partial charge >= 0.3 is 5.97 Å². The van der Waals surface area contributed by atoms with E-state index in [9.17, 15) is 4.79 Å². The van der Waals surface area contributed by atoms with Gasteiger partial charge in [0.05, 0.1) is 6.61 Å². The maximum atomic E-state index is 11.9. The van der Waals surface area contributed by atoms with E-state index in [1.807, 2.05) is 13.0 Å². The summed E-state index contributed by atoms with van der Waals surface area (Å²) in [5, 5.41) is 0. The molecule has 0 saturated carbocycles. The fraction of sp³-hybridized carbons (Fsp3) is 0.353. The first kappa shape index (κ1) is 13.4. The summed E-state index contributed by atoms with van der Waals surface area (Å²) in [4.78, 5) is 13.9. The van der Waals surface area contributed by atoms with Crippen LogP contribution in [0, 0.1) is 13.8 Å². The molecule has 0 amide bonds. The molecule has 0 atom stereocenters. The minimum absolute atomic E-state index is 0.196. The number of hydrogen-bond acceptors (Lipinski definition) is 3. The Balaban J connectivity index is 2.10. The molecule has 0 N–H and O–H groups in total. The van der Waals surface area contributed by atoms with Gasteiger partial charge in [0.15, 0.2) is 0 Å². The van der Waals surface area contributed by atoms with Gasteiger partial charge in [-0.3, -0.25) is 0 Å². The Morgan fingerprint density at radius 3 is 2.80 bits per heavy atom. The first-order chi connectivity index (χ1) is 9.60. The van der Waals surface area contributed by atoms with Crippen molar-refractivity contribution < 1.29 is 9.53 Å². The molecule has 0 unspecified atom stereocenters. The fourth-order valence-electron chi connectivity index (χ4n) is 2.94. The Morgan fingerprint density at radius 1 is 1.25 bits per heavy atom. The highest BCUT2D eigenvalue weighted by Crippen LogP contribution is 2.41. The molecule has 2 aromatic rings. The highest BCUT2D eigenvalue weighted by molar-refractivity contribution is 7.17. The van der Waals surface area contributed by atoms with Crippen LogP contribution in [-0.4, -0.2) is 12.6 Å². The minimum Gasteiger partial charge on any atom is -0.462 e. The summed E-state index contributed by atoms with van der Waals surface area (Å²) in [6, 6.07) is 6.49. The van der Waals surface area contributed by atoms with Crippen LogP contribution in [0.25, 0.3) is 10.4 Å². The van der Waals surface area contributed by atoms with Crippen molar-refractivity contribution in [3.8, 4) is 10.4 Å². The van der Waals surface area contributed by atoms with Crippen molar-refractivity contribution >= 4 is 17.3 Å². The van der Waals surface area contributed by atoms with Crippen LogP contribution in [0.3, 0.4) is 0 Å². The molecule has 0 bridgehead atoms. The van der Waals surface area contributed by atoms with E-state index in [0.29, 0.717) is 6.61 Å². The Bertz CT molecular complexity index is 683. The van der Waals surface area contributed by atoms with Gasteiger partial charge in [-0.25, -0.2) is 4.79 Å². The Hall–Kier alpha value is -1.61. The van der Waals surface area contributed by atoms with E-state index in [1.54, 1.807) is 11.3 Å². The molecule has 0 fully saturated rings. The van der Waals surface area contributed by atoms with Crippen molar-refractivity contribution in [3.05, 3.63) is 45.3 Å². The van der Waals surface area contributed by atoms with Gasteiger partial charge in [-0.05, 0) is 61.9 Å². The topological polar surface area (TPSA) is 26.3 Å². The van der Waals surface area contributed by atoms with E-state index in [0.717, 1.165) is 17.7 Å². The van der Waals surface area contributed by atoms with Crippen LogP contribution in [-0.2, 0) is 17.6 Å². The van der Waals surface area contributed by atoms with Crippen molar-refractivity contribution in [2.24, 2.45) is 0 Å². The van der Waals surface area contributed by atoms with Crippen LogP contribution in [0.1, 0.15) is 38.8 Å². The Kier molecular flexibility index (Phi) is 3.38. The van der Waals surface area contributed by atoms with Crippen molar-refractivity contribution in [2.75, 3.05) is 6.61 Å². The van der Waals surface area contributed by atoms with E-state index in [2.05, 4.69) is 26.0 Å². The Morgan fingerprint density at radius 2 is 2.05 bits per heavy atom. The first-order valence-electron chi connectivity index (χ1n) is 7.00. The van der Waals surface area contributed by atoms with Gasteiger partial charge in [0.1, 0.15) is 4.88 Å². The molecule has 3 rings (SSSR count). The highest BCUT2D eigenvalue weighted by Gasteiger charge is 2.23. The third kappa shape index (κ3) is 2.16. The average molecular weight is 286 g/mol. The highest BCUT2D eigenvalue weighted by atomic mass is 32.1. The summed E-state index contributed by atoms with van der Waals surface area (Å²) in [5.74, 6) is -0.196. The molecule has 1 heterocycles. The number of aryl methyl sites for hydroxylation is 3. The van der Waals surface area contributed by atoms with E-state index >= 15 is 0 Å². The summed E-state index contributed by atoms with van der Waals surface area (Å²) in [5.41, 5.74) is 6.66. The molecule has 0 radical (unpaired) electrons. The summed E-state index contributed by atoms with van der Waals surface area (Å²) < 4.78 is 5.11. The zero-order chi connectivity index (χ0) is 14.3. The van der Waals surface area contributed by atoms with Crippen LogP contribution in [0.15, 0.2) is 18.2 Å². The molecule has 1 aliphatic carbocycles. The number of hydrogen-bond donors (Lipinski definition) is 0. The van der Waals surface area contributed by atoms with Gasteiger partial charge in [-0.2, -0.15) is 0 Å². The van der Waals surface area contributed by atoms with Gasteiger partial charge in [-0.15, -0.1) is 11.3 Å². The van der Waals surface area contributed by atoms with Crippen LogP contribution < -0.4 is 0 Å². The molecule has 104 valence electrons. The van der Waals surface area contributed by atoms with E-state index in [1.165, 1.54) is 32.7 Å². The van der Waals surface area contributed by atoms with Crippen LogP contribution in [0.5, 0.6) is 0 Å². The van der Waals surface area contributed by atoms with Gasteiger partial charge < -0.3 is 4.74 Å². The predicted octanol–water partition coefficient (Wildman–Crippen LogP) is 4.31. The molecule has 1 aliphatic rings. The van der Waals surface area contributed by atoms with E-state index in [4.69, 9.17) is 4.74 Å². The normalized spacial score (nSPS) is 12.8. The number of benzene rings is 1. The number of ether oxygens (including phenoxy) is 1. The molecular formula is C17H18O2S. The number of thiophene rings is 1. The third-order valence-electron chi connectivity index (χ3n) is 3.79. The van der Waals surface area contributed by atoms with Crippen molar-refractivity contribution in [1.29, 1.82) is 0 Å². The predicted molar refractivity (Wildman–Crippen MR) is 82.6 cm³/mol. The molecule has 0 saturated heterocycles. The zero-order valence-corrected chi connectivity index (χ0v) is 12.9.